The van der Waals surface area contributed by atoms with Gasteiger partial charge in [0.2, 0.25) is 10.0 Å². The van der Waals surface area contributed by atoms with Crippen molar-refractivity contribution in [2.45, 2.75) is 38.0 Å². The van der Waals surface area contributed by atoms with E-state index in [1.54, 1.807) is 16.4 Å². The SMILES string of the molecule is Cc1ccc(S(=O)(=O)N2CCC(CCNC(=O)Nc3ccccc3C)CC2)cc1. The number of sulfonamides is 1. The van der Waals surface area contributed by atoms with Gasteiger partial charge >= 0.3 is 6.03 Å². The normalized spacial score (nSPS) is 15.8. The summed E-state index contributed by atoms with van der Waals surface area (Å²) in [5, 5.41) is 5.76. The number of anilines is 1. The van der Waals surface area contributed by atoms with Crippen molar-refractivity contribution < 1.29 is 13.2 Å². The Labute approximate surface area is 173 Å². The van der Waals surface area contributed by atoms with E-state index in [0.717, 1.165) is 36.1 Å². The van der Waals surface area contributed by atoms with E-state index in [1.807, 2.05) is 50.2 Å². The van der Waals surface area contributed by atoms with Gasteiger partial charge in [0.1, 0.15) is 0 Å². The van der Waals surface area contributed by atoms with E-state index in [1.165, 1.54) is 0 Å². The molecule has 0 radical (unpaired) electrons. The molecule has 1 heterocycles. The maximum atomic E-state index is 12.8. The van der Waals surface area contributed by atoms with Crippen molar-refractivity contribution in [1.29, 1.82) is 0 Å². The summed E-state index contributed by atoms with van der Waals surface area (Å²) < 4.78 is 27.1. The number of nitrogens with one attached hydrogen (secondary N) is 2. The van der Waals surface area contributed by atoms with E-state index < -0.39 is 10.0 Å². The number of rotatable bonds is 6. The van der Waals surface area contributed by atoms with Gasteiger partial charge in [-0.3, -0.25) is 0 Å². The summed E-state index contributed by atoms with van der Waals surface area (Å²) in [6, 6.07) is 14.4. The number of amides is 2. The van der Waals surface area contributed by atoms with E-state index in [4.69, 9.17) is 0 Å². The lowest BCUT2D eigenvalue weighted by atomic mass is 9.95. The fourth-order valence-electron chi connectivity index (χ4n) is 3.57. The minimum Gasteiger partial charge on any atom is -0.338 e. The first-order chi connectivity index (χ1) is 13.9. The molecule has 0 unspecified atom stereocenters. The predicted molar refractivity (Wildman–Crippen MR) is 115 cm³/mol. The maximum absolute atomic E-state index is 12.8. The number of para-hydroxylation sites is 1. The van der Waals surface area contributed by atoms with Crippen LogP contribution >= 0.6 is 0 Å². The number of urea groups is 1. The van der Waals surface area contributed by atoms with Crippen molar-refractivity contribution in [2.75, 3.05) is 25.0 Å². The molecule has 3 rings (SSSR count). The largest absolute Gasteiger partial charge is 0.338 e. The average molecular weight is 416 g/mol. The summed E-state index contributed by atoms with van der Waals surface area (Å²) in [5.41, 5.74) is 2.87. The van der Waals surface area contributed by atoms with Crippen LogP contribution in [-0.4, -0.2) is 38.4 Å². The summed E-state index contributed by atoms with van der Waals surface area (Å²) in [6.07, 6.45) is 2.47. The van der Waals surface area contributed by atoms with Crippen LogP contribution < -0.4 is 10.6 Å². The number of aryl methyl sites for hydroxylation is 2. The van der Waals surface area contributed by atoms with E-state index in [-0.39, 0.29) is 6.03 Å². The van der Waals surface area contributed by atoms with E-state index in [9.17, 15) is 13.2 Å². The van der Waals surface area contributed by atoms with Crippen LogP contribution in [0.25, 0.3) is 0 Å². The Morgan fingerprint density at radius 1 is 1.03 bits per heavy atom. The molecule has 0 spiro atoms. The van der Waals surface area contributed by atoms with Crippen LogP contribution in [0.4, 0.5) is 10.5 Å². The Balaban J connectivity index is 1.42. The number of carbonyl (C=O) groups is 1. The zero-order valence-electron chi connectivity index (χ0n) is 17.0. The lowest BCUT2D eigenvalue weighted by Crippen LogP contribution is -2.39. The zero-order valence-corrected chi connectivity index (χ0v) is 17.8. The molecule has 0 aromatic heterocycles. The second kappa shape index (κ2) is 9.41. The molecule has 0 atom stereocenters. The Morgan fingerprint density at radius 2 is 1.69 bits per heavy atom. The number of hydrogen-bond donors (Lipinski definition) is 2. The zero-order chi connectivity index (χ0) is 20.9. The molecule has 0 saturated carbocycles. The van der Waals surface area contributed by atoms with Gasteiger partial charge in [-0.05, 0) is 62.8 Å². The highest BCUT2D eigenvalue weighted by Crippen LogP contribution is 2.25. The number of piperidine rings is 1. The smallest absolute Gasteiger partial charge is 0.319 e. The summed E-state index contributed by atoms with van der Waals surface area (Å²) in [5.74, 6) is 0.415. The molecule has 0 aliphatic carbocycles. The van der Waals surface area contributed by atoms with Crippen molar-refractivity contribution >= 4 is 21.7 Å². The number of nitrogens with zero attached hydrogens (tertiary/aromatic N) is 1. The van der Waals surface area contributed by atoms with Gasteiger partial charge in [0, 0.05) is 25.3 Å². The molecule has 29 heavy (non-hydrogen) atoms. The van der Waals surface area contributed by atoms with Crippen molar-refractivity contribution in [2.24, 2.45) is 5.92 Å². The molecule has 1 aliphatic heterocycles. The average Bonchev–Trinajstić information content (AvgIpc) is 2.70. The van der Waals surface area contributed by atoms with Crippen LogP contribution in [0.15, 0.2) is 53.4 Å². The van der Waals surface area contributed by atoms with Crippen LogP contribution in [0.1, 0.15) is 30.4 Å². The molecular weight excluding hydrogens is 386 g/mol. The van der Waals surface area contributed by atoms with Gasteiger partial charge < -0.3 is 10.6 Å². The molecule has 2 aromatic rings. The summed E-state index contributed by atoms with van der Waals surface area (Å²) in [6.45, 7) is 5.52. The molecule has 2 N–H and O–H groups in total. The van der Waals surface area contributed by atoms with Gasteiger partial charge in [0.25, 0.3) is 0 Å². The molecule has 1 aliphatic rings. The van der Waals surface area contributed by atoms with Crippen LogP contribution in [-0.2, 0) is 10.0 Å². The van der Waals surface area contributed by atoms with E-state index in [2.05, 4.69) is 10.6 Å². The molecule has 6 nitrogen and oxygen atoms in total. The lowest BCUT2D eigenvalue weighted by Gasteiger charge is -2.31. The van der Waals surface area contributed by atoms with Crippen molar-refractivity contribution in [3.05, 3.63) is 59.7 Å². The fourth-order valence-corrected chi connectivity index (χ4v) is 5.04. The molecule has 1 fully saturated rings. The molecular formula is C22H29N3O3S. The molecule has 0 bridgehead atoms. The second-order valence-electron chi connectivity index (χ2n) is 7.65. The van der Waals surface area contributed by atoms with Crippen molar-refractivity contribution in [3.8, 4) is 0 Å². The molecule has 2 aromatic carbocycles. The van der Waals surface area contributed by atoms with Gasteiger partial charge in [-0.15, -0.1) is 0 Å². The Bertz CT molecular complexity index is 934. The predicted octanol–water partition coefficient (Wildman–Crippen LogP) is 3.92. The van der Waals surface area contributed by atoms with Gasteiger partial charge in [0.15, 0.2) is 0 Å². The van der Waals surface area contributed by atoms with Crippen LogP contribution in [0.5, 0.6) is 0 Å². The molecule has 1 saturated heterocycles. The lowest BCUT2D eigenvalue weighted by molar-refractivity contribution is 0.245. The first kappa shape index (κ1) is 21.3. The minimum atomic E-state index is -3.42. The van der Waals surface area contributed by atoms with Crippen LogP contribution in [0, 0.1) is 19.8 Å². The maximum Gasteiger partial charge on any atom is 0.319 e. The van der Waals surface area contributed by atoms with Crippen LogP contribution in [0.2, 0.25) is 0 Å². The Kier molecular flexibility index (Phi) is 6.92. The summed E-state index contributed by atoms with van der Waals surface area (Å²) in [4.78, 5) is 12.4. The van der Waals surface area contributed by atoms with Gasteiger partial charge in [0.05, 0.1) is 4.90 Å². The molecule has 2 amide bonds. The van der Waals surface area contributed by atoms with E-state index >= 15 is 0 Å². The summed E-state index contributed by atoms with van der Waals surface area (Å²) >= 11 is 0. The second-order valence-corrected chi connectivity index (χ2v) is 9.58. The quantitative estimate of drug-likeness (QED) is 0.751. The molecule has 156 valence electrons. The topological polar surface area (TPSA) is 78.5 Å². The third-order valence-electron chi connectivity index (χ3n) is 5.46. The first-order valence-electron chi connectivity index (χ1n) is 10.0. The monoisotopic (exact) mass is 415 g/mol. The van der Waals surface area contributed by atoms with Gasteiger partial charge in [-0.2, -0.15) is 4.31 Å². The highest BCUT2D eigenvalue weighted by Gasteiger charge is 2.29. The standard InChI is InChI=1S/C22H29N3O3S/c1-17-7-9-20(10-8-17)29(27,28)25-15-12-19(13-16-25)11-14-23-22(26)24-21-6-4-3-5-18(21)2/h3-10,19H,11-16H2,1-2H3,(H2,23,24,26). The molecule has 7 heteroatoms. The highest BCUT2D eigenvalue weighted by molar-refractivity contribution is 7.89. The van der Waals surface area contributed by atoms with Gasteiger partial charge in [-0.25, -0.2) is 13.2 Å². The Morgan fingerprint density at radius 3 is 2.34 bits per heavy atom. The van der Waals surface area contributed by atoms with Crippen LogP contribution in [0.3, 0.4) is 0 Å². The number of benzene rings is 2. The number of carbonyl (C=O) groups excluding carboxylic acids is 1. The minimum absolute atomic E-state index is 0.210. The third kappa shape index (κ3) is 5.58. The highest BCUT2D eigenvalue weighted by atomic mass is 32.2. The first-order valence-corrected chi connectivity index (χ1v) is 11.5. The number of hydrogen-bond acceptors (Lipinski definition) is 3. The van der Waals surface area contributed by atoms with Crippen molar-refractivity contribution in [3.63, 3.8) is 0 Å². The van der Waals surface area contributed by atoms with Crippen molar-refractivity contribution in [1.82, 2.24) is 9.62 Å². The third-order valence-corrected chi connectivity index (χ3v) is 7.38. The van der Waals surface area contributed by atoms with E-state index in [0.29, 0.717) is 30.4 Å². The summed E-state index contributed by atoms with van der Waals surface area (Å²) in [7, 11) is -3.42. The fraction of sp³-hybridized carbons (Fsp3) is 0.409. The Hall–Kier alpha value is -2.38. The van der Waals surface area contributed by atoms with Gasteiger partial charge in [-0.1, -0.05) is 35.9 Å².